The maximum atomic E-state index is 14.2. The molecule has 1 aromatic carbocycles. The third-order valence-electron chi connectivity index (χ3n) is 9.49. The summed E-state index contributed by atoms with van der Waals surface area (Å²) in [6.45, 7) is 3.09. The van der Waals surface area contributed by atoms with Crippen LogP contribution in [0.1, 0.15) is 61.6 Å². The van der Waals surface area contributed by atoms with Gasteiger partial charge in [-0.05, 0) is 61.3 Å². The van der Waals surface area contributed by atoms with Crippen LogP contribution in [0.15, 0.2) is 47.7 Å². The summed E-state index contributed by atoms with van der Waals surface area (Å²) in [6, 6.07) is 5.74. The molecule has 6 rings (SSSR count). The number of aliphatic hydroxyl groups excluding tert-OH is 2. The molecule has 4 heterocycles. The highest BCUT2D eigenvalue weighted by atomic mass is 19.4. The number of aromatic nitrogens is 4. The van der Waals surface area contributed by atoms with Crippen molar-refractivity contribution in [2.75, 3.05) is 43.6 Å². The number of β-amino-alcohol motifs (C(OH)–C–C–N with tert-alkyl or cyclic N) is 1. The molecule has 0 radical (unpaired) electrons. The number of rotatable bonds is 12. The molecule has 48 heavy (non-hydrogen) atoms. The fraction of sp³-hybridized carbons (Fsp3) is 0.576. The van der Waals surface area contributed by atoms with E-state index >= 15 is 0 Å². The van der Waals surface area contributed by atoms with Crippen LogP contribution < -0.4 is 20.5 Å². The topological polar surface area (TPSA) is 138 Å². The molecule has 0 unspecified atom stereocenters. The second kappa shape index (κ2) is 14.4. The summed E-state index contributed by atoms with van der Waals surface area (Å²) in [6.07, 6.45) is 1.30. The van der Waals surface area contributed by atoms with Crippen LogP contribution in [-0.2, 0) is 17.5 Å². The zero-order chi connectivity index (χ0) is 34.0. The maximum Gasteiger partial charge on any atom is 0.423 e. The van der Waals surface area contributed by atoms with E-state index in [2.05, 4.69) is 20.4 Å². The van der Waals surface area contributed by atoms with Crippen LogP contribution >= 0.6 is 0 Å². The van der Waals surface area contributed by atoms with Crippen molar-refractivity contribution in [1.29, 1.82) is 0 Å². The monoisotopic (exact) mass is 673 g/mol. The van der Waals surface area contributed by atoms with Gasteiger partial charge in [0.15, 0.2) is 0 Å². The number of ether oxygens (including phenoxy) is 2. The van der Waals surface area contributed by atoms with Crippen molar-refractivity contribution in [3.8, 4) is 5.75 Å². The zero-order valence-corrected chi connectivity index (χ0v) is 27.0. The highest BCUT2D eigenvalue weighted by Gasteiger charge is 2.43. The molecule has 0 spiro atoms. The molecule has 3 N–H and O–H groups in total. The minimum atomic E-state index is -4.92. The van der Waals surface area contributed by atoms with E-state index in [1.165, 1.54) is 20.0 Å². The first-order valence-electron chi connectivity index (χ1n) is 16.4. The summed E-state index contributed by atoms with van der Waals surface area (Å²) in [5.74, 6) is 1.73. The van der Waals surface area contributed by atoms with Crippen LogP contribution in [0.5, 0.6) is 5.75 Å². The predicted molar refractivity (Wildman–Crippen MR) is 171 cm³/mol. The number of methoxy groups -OCH3 is 1. The Bertz CT molecular complexity index is 1590. The molecule has 2 saturated heterocycles. The second-order valence-electron chi connectivity index (χ2n) is 12.8. The van der Waals surface area contributed by atoms with Gasteiger partial charge < -0.3 is 29.9 Å². The van der Waals surface area contributed by atoms with Gasteiger partial charge in [0.2, 0.25) is 5.95 Å². The third kappa shape index (κ3) is 7.59. The van der Waals surface area contributed by atoms with E-state index in [-0.39, 0.29) is 19.2 Å². The minimum absolute atomic E-state index is 0.00646. The molecular formula is C33H42F3N7O5. The van der Waals surface area contributed by atoms with Gasteiger partial charge in [0, 0.05) is 44.1 Å². The Morgan fingerprint density at radius 1 is 1.04 bits per heavy atom. The number of halogens is 3. The summed E-state index contributed by atoms with van der Waals surface area (Å²) in [7, 11) is 1.50. The SMILES string of the molecule is CC[C@@H](CO[C@@H]1CCN([C@@H]2CCN(c3ncc(C4CC4)cn3)C[C@H]2O)[C@@H]1O)Nc1cnn(Cc2ccc(OC)cc2)c(=O)c1C(F)(F)F. The molecule has 5 atom stereocenters. The van der Waals surface area contributed by atoms with Crippen LogP contribution in [-0.4, -0.2) is 98.7 Å². The predicted octanol–water partition coefficient (Wildman–Crippen LogP) is 3.23. The summed E-state index contributed by atoms with van der Waals surface area (Å²) in [5, 5.41) is 29.0. The molecule has 12 nitrogen and oxygen atoms in total. The lowest BCUT2D eigenvalue weighted by Gasteiger charge is -2.41. The Hall–Kier alpha value is -3.79. The first-order chi connectivity index (χ1) is 23.0. The highest BCUT2D eigenvalue weighted by Crippen LogP contribution is 2.39. The molecule has 1 saturated carbocycles. The van der Waals surface area contributed by atoms with Gasteiger partial charge >= 0.3 is 6.18 Å². The van der Waals surface area contributed by atoms with E-state index in [1.807, 2.05) is 22.2 Å². The maximum absolute atomic E-state index is 14.2. The van der Waals surface area contributed by atoms with Crippen LogP contribution in [0.2, 0.25) is 0 Å². The number of nitrogens with one attached hydrogen (secondary N) is 1. The zero-order valence-electron chi connectivity index (χ0n) is 27.0. The lowest BCUT2D eigenvalue weighted by Crippen LogP contribution is -2.56. The molecule has 3 aromatic rings. The lowest BCUT2D eigenvalue weighted by molar-refractivity contribution is -0.138. The van der Waals surface area contributed by atoms with Crippen molar-refractivity contribution < 1.29 is 32.9 Å². The standard InChI is InChI=1S/C33H42F3N7O5/c1-3-23(40-25-16-39-43(31(46)29(25)33(34,35)36)17-20-4-8-24(47-2)9-5-20)19-48-28-11-13-42(30(28)45)26-10-12-41(18-27(26)44)32-37-14-22(15-38-32)21-6-7-21/h4-5,8-9,14-16,21,23,26-28,30,40,44-45H,3,6-7,10-13,17-19H2,1-2H3/t23-,26+,27+,28+,30+/m0/s1. The van der Waals surface area contributed by atoms with E-state index in [1.54, 1.807) is 31.2 Å². The number of hydrogen-bond acceptors (Lipinski definition) is 11. The highest BCUT2D eigenvalue weighted by molar-refractivity contribution is 5.50. The summed E-state index contributed by atoms with van der Waals surface area (Å²) < 4.78 is 54.5. The fourth-order valence-corrected chi connectivity index (χ4v) is 6.52. The van der Waals surface area contributed by atoms with Gasteiger partial charge in [-0.25, -0.2) is 14.6 Å². The van der Waals surface area contributed by atoms with Gasteiger partial charge in [0.25, 0.3) is 5.56 Å². The van der Waals surface area contributed by atoms with Crippen LogP contribution in [0.4, 0.5) is 24.8 Å². The quantitative estimate of drug-likeness (QED) is 0.261. The number of piperidine rings is 1. The Morgan fingerprint density at radius 3 is 2.40 bits per heavy atom. The van der Waals surface area contributed by atoms with Crippen molar-refractivity contribution in [1.82, 2.24) is 24.6 Å². The van der Waals surface area contributed by atoms with Crippen molar-refractivity contribution in [3.05, 3.63) is 69.9 Å². The summed E-state index contributed by atoms with van der Waals surface area (Å²) >= 11 is 0. The number of likely N-dealkylation sites (tertiary alicyclic amines) is 1. The Labute approximate surface area is 276 Å². The number of benzene rings is 1. The Morgan fingerprint density at radius 2 is 1.77 bits per heavy atom. The van der Waals surface area contributed by atoms with Crippen LogP contribution in [0.25, 0.3) is 0 Å². The van der Waals surface area contributed by atoms with Crippen molar-refractivity contribution >= 4 is 11.6 Å². The summed E-state index contributed by atoms with van der Waals surface area (Å²) in [5.41, 5.74) is -1.28. The molecule has 3 aliphatic rings. The smallest absolute Gasteiger partial charge is 0.423 e. The van der Waals surface area contributed by atoms with Crippen molar-refractivity contribution in [2.45, 2.75) is 88.2 Å². The lowest BCUT2D eigenvalue weighted by atomic mass is 10.0. The van der Waals surface area contributed by atoms with Gasteiger partial charge in [-0.3, -0.25) is 9.69 Å². The average Bonchev–Trinajstić information content (AvgIpc) is 3.87. The molecule has 1 aliphatic carbocycles. The van der Waals surface area contributed by atoms with Gasteiger partial charge in [-0.15, -0.1) is 0 Å². The first kappa shape index (κ1) is 34.1. The van der Waals surface area contributed by atoms with Gasteiger partial charge in [-0.1, -0.05) is 19.1 Å². The van der Waals surface area contributed by atoms with Crippen LogP contribution in [0, 0.1) is 0 Å². The normalized spacial score (nSPS) is 24.1. The van der Waals surface area contributed by atoms with Gasteiger partial charge in [0.05, 0.1) is 44.4 Å². The Balaban J connectivity index is 1.05. The van der Waals surface area contributed by atoms with E-state index in [9.17, 15) is 28.2 Å². The minimum Gasteiger partial charge on any atom is -0.497 e. The molecule has 0 amide bonds. The van der Waals surface area contributed by atoms with E-state index in [0.717, 1.165) is 16.4 Å². The van der Waals surface area contributed by atoms with Crippen molar-refractivity contribution in [2.24, 2.45) is 0 Å². The molecule has 3 fully saturated rings. The number of nitrogens with zero attached hydrogens (tertiary/aromatic N) is 6. The van der Waals surface area contributed by atoms with Gasteiger partial charge in [-0.2, -0.15) is 18.3 Å². The number of anilines is 2. The molecule has 2 aromatic heterocycles. The fourth-order valence-electron chi connectivity index (χ4n) is 6.52. The molecule has 260 valence electrons. The largest absolute Gasteiger partial charge is 0.497 e. The van der Waals surface area contributed by atoms with Gasteiger partial charge in [0.1, 0.15) is 17.5 Å². The van der Waals surface area contributed by atoms with Crippen LogP contribution in [0.3, 0.4) is 0 Å². The van der Waals surface area contributed by atoms with Crippen molar-refractivity contribution in [3.63, 3.8) is 0 Å². The van der Waals surface area contributed by atoms with E-state index in [0.29, 0.717) is 62.1 Å². The number of aliphatic hydroxyl groups is 2. The molecule has 2 aliphatic heterocycles. The Kier molecular flexibility index (Phi) is 10.2. The molecule has 15 heteroatoms. The first-order valence-corrected chi connectivity index (χ1v) is 16.4. The molecular weight excluding hydrogens is 631 g/mol. The van der Waals surface area contributed by atoms with E-state index < -0.39 is 47.5 Å². The second-order valence-corrected chi connectivity index (χ2v) is 12.8. The number of hydrogen-bond donors (Lipinski definition) is 3. The third-order valence-corrected chi connectivity index (χ3v) is 9.49. The average molecular weight is 674 g/mol. The number of alkyl halides is 3. The van der Waals surface area contributed by atoms with E-state index in [4.69, 9.17) is 9.47 Å². The summed E-state index contributed by atoms with van der Waals surface area (Å²) in [4.78, 5) is 25.8. The molecule has 0 bridgehead atoms.